The Morgan fingerprint density at radius 3 is 1.80 bits per heavy atom. The van der Waals surface area contributed by atoms with Crippen molar-refractivity contribution < 1.29 is 4.42 Å². The predicted octanol–water partition coefficient (Wildman–Crippen LogP) is 13.6. The molecule has 0 amide bonds. The van der Waals surface area contributed by atoms with Gasteiger partial charge in [-0.25, -0.2) is 0 Å². The molecule has 1 aromatic heterocycles. The number of para-hydroxylation sites is 3. The van der Waals surface area contributed by atoms with Crippen molar-refractivity contribution in [1.29, 1.82) is 0 Å². The van der Waals surface area contributed by atoms with Crippen molar-refractivity contribution in [3.8, 4) is 22.3 Å². The molecule has 1 aliphatic carbocycles. The number of hydrogen-bond donors (Lipinski definition) is 0. The summed E-state index contributed by atoms with van der Waals surface area (Å²) in [6, 6.07) is 61.5. The van der Waals surface area contributed by atoms with Gasteiger partial charge in [0.15, 0.2) is 5.58 Å². The monoisotopic (exact) mass is 784 g/mol. The first-order valence-electron chi connectivity index (χ1n) is 21.8. The maximum Gasteiger partial charge on any atom is 0.333 e. The molecule has 0 fully saturated rings. The molecule has 4 heteroatoms. The second kappa shape index (κ2) is 11.7. The minimum absolute atomic E-state index is 0.130. The van der Waals surface area contributed by atoms with Crippen LogP contribution in [0, 0.1) is 0 Å². The fourth-order valence-electron chi connectivity index (χ4n) is 12.0. The van der Waals surface area contributed by atoms with E-state index in [0.29, 0.717) is 0 Å². The molecule has 3 aliphatic heterocycles. The van der Waals surface area contributed by atoms with Gasteiger partial charge >= 0.3 is 6.85 Å². The molecule has 292 valence electrons. The molecule has 0 N–H and O–H groups in total. The van der Waals surface area contributed by atoms with Crippen LogP contribution in [-0.2, 0) is 16.2 Å². The van der Waals surface area contributed by atoms with Crippen molar-refractivity contribution in [3.05, 3.63) is 197 Å². The number of nitrogens with zero attached hydrogens (tertiary/aromatic N) is 2. The van der Waals surface area contributed by atoms with Crippen LogP contribution in [0.5, 0.6) is 0 Å². The second-order valence-corrected chi connectivity index (χ2v) is 19.3. The molecule has 9 aromatic rings. The summed E-state index contributed by atoms with van der Waals surface area (Å²) in [5, 5.41) is 2.30. The average molecular weight is 785 g/mol. The van der Waals surface area contributed by atoms with Crippen LogP contribution in [0.25, 0.3) is 44.2 Å². The number of rotatable bonds is 2. The van der Waals surface area contributed by atoms with Crippen molar-refractivity contribution in [1.82, 2.24) is 0 Å². The van der Waals surface area contributed by atoms with E-state index in [9.17, 15) is 0 Å². The third-order valence-corrected chi connectivity index (χ3v) is 15.1. The van der Waals surface area contributed by atoms with Crippen molar-refractivity contribution in [2.24, 2.45) is 0 Å². The van der Waals surface area contributed by atoms with E-state index < -0.39 is 0 Å². The highest BCUT2D eigenvalue weighted by molar-refractivity contribution is 6.94. The number of furan rings is 1. The molecule has 0 unspecified atom stereocenters. The van der Waals surface area contributed by atoms with E-state index in [1.54, 1.807) is 0 Å². The Balaban J connectivity index is 1.20. The van der Waals surface area contributed by atoms with Crippen LogP contribution in [0.15, 0.2) is 168 Å². The SMILES string of the molecule is CC1(C)c2ccccc2C(C)(C)c2cc3c(cc21)-c1cc2c(oc4ccccc42)c2c1B(c1cccc4c1N2c1ccccc1C4(C)C)N3c1ccc(-c2ccccc2)cc1. The molecule has 0 bridgehead atoms. The van der Waals surface area contributed by atoms with Crippen LogP contribution < -0.4 is 20.6 Å². The number of fused-ring (bicyclic) bond motifs is 12. The molecule has 13 rings (SSSR count). The van der Waals surface area contributed by atoms with Gasteiger partial charge in [-0.2, -0.15) is 0 Å². The summed E-state index contributed by atoms with van der Waals surface area (Å²) in [5.74, 6) is 0. The summed E-state index contributed by atoms with van der Waals surface area (Å²) in [4.78, 5) is 5.25. The quantitative estimate of drug-likeness (QED) is 0.163. The van der Waals surface area contributed by atoms with Crippen molar-refractivity contribution in [3.63, 3.8) is 0 Å². The lowest BCUT2D eigenvalue weighted by atomic mass is 9.42. The van der Waals surface area contributed by atoms with E-state index in [1.807, 2.05) is 0 Å². The first-order valence-corrected chi connectivity index (χ1v) is 21.8. The van der Waals surface area contributed by atoms with Gasteiger partial charge in [0.2, 0.25) is 0 Å². The number of anilines is 5. The first-order chi connectivity index (χ1) is 29.5. The van der Waals surface area contributed by atoms with Gasteiger partial charge in [0.1, 0.15) is 5.58 Å². The van der Waals surface area contributed by atoms with Crippen molar-refractivity contribution in [2.45, 2.75) is 57.8 Å². The maximum atomic E-state index is 7.12. The van der Waals surface area contributed by atoms with Gasteiger partial charge in [-0.3, -0.25) is 0 Å². The Bertz CT molecular complexity index is 3350. The molecular weight excluding hydrogens is 739 g/mol. The van der Waals surface area contributed by atoms with Crippen LogP contribution in [-0.4, -0.2) is 6.85 Å². The average Bonchev–Trinajstić information content (AvgIpc) is 3.66. The second-order valence-electron chi connectivity index (χ2n) is 19.3. The molecule has 0 saturated heterocycles. The predicted molar refractivity (Wildman–Crippen MR) is 256 cm³/mol. The highest BCUT2D eigenvalue weighted by atomic mass is 16.3. The summed E-state index contributed by atoms with van der Waals surface area (Å²) < 4.78 is 7.12. The summed E-state index contributed by atoms with van der Waals surface area (Å²) >= 11 is 0. The summed E-state index contributed by atoms with van der Waals surface area (Å²) in [5.41, 5.74) is 23.1. The van der Waals surface area contributed by atoms with Gasteiger partial charge in [0, 0.05) is 49.6 Å². The normalized spacial score (nSPS) is 16.7. The third-order valence-electron chi connectivity index (χ3n) is 15.1. The van der Waals surface area contributed by atoms with Gasteiger partial charge in [-0.15, -0.1) is 0 Å². The molecule has 0 spiro atoms. The van der Waals surface area contributed by atoms with E-state index in [4.69, 9.17) is 4.42 Å². The topological polar surface area (TPSA) is 19.6 Å². The van der Waals surface area contributed by atoms with Crippen LogP contribution in [0.1, 0.15) is 74.9 Å². The van der Waals surface area contributed by atoms with E-state index >= 15 is 0 Å². The lowest BCUT2D eigenvalue weighted by Gasteiger charge is -2.51. The Labute approximate surface area is 358 Å². The van der Waals surface area contributed by atoms with Gasteiger partial charge in [0.25, 0.3) is 0 Å². The highest BCUT2D eigenvalue weighted by Gasteiger charge is 2.52. The zero-order valence-corrected chi connectivity index (χ0v) is 35.5. The van der Waals surface area contributed by atoms with Gasteiger partial charge in [-0.05, 0) is 103 Å². The Morgan fingerprint density at radius 1 is 0.443 bits per heavy atom. The van der Waals surface area contributed by atoms with Crippen LogP contribution in [0.3, 0.4) is 0 Å². The maximum absolute atomic E-state index is 7.12. The molecule has 4 heterocycles. The Hall–Kier alpha value is -6.78. The van der Waals surface area contributed by atoms with Gasteiger partial charge in [0.05, 0.1) is 11.4 Å². The van der Waals surface area contributed by atoms with Crippen molar-refractivity contribution in [2.75, 3.05) is 9.71 Å². The van der Waals surface area contributed by atoms with E-state index in [1.165, 1.54) is 89.3 Å². The zero-order valence-electron chi connectivity index (χ0n) is 35.5. The summed E-state index contributed by atoms with van der Waals surface area (Å²) in [7, 11) is 0. The molecule has 0 saturated carbocycles. The zero-order chi connectivity index (χ0) is 41.2. The van der Waals surface area contributed by atoms with Crippen LogP contribution in [0.2, 0.25) is 0 Å². The fourth-order valence-corrected chi connectivity index (χ4v) is 12.0. The van der Waals surface area contributed by atoms with E-state index in [2.05, 4.69) is 215 Å². The molecule has 0 atom stereocenters. The molecule has 0 radical (unpaired) electrons. The summed E-state index contributed by atoms with van der Waals surface area (Å²) in [6.07, 6.45) is 0. The first kappa shape index (κ1) is 35.0. The molecule has 3 nitrogen and oxygen atoms in total. The molecule has 61 heavy (non-hydrogen) atoms. The lowest BCUT2D eigenvalue weighted by Crippen LogP contribution is -2.62. The minimum atomic E-state index is -0.225. The van der Waals surface area contributed by atoms with Gasteiger partial charge < -0.3 is 14.1 Å². The Kier molecular flexibility index (Phi) is 6.74. The third kappa shape index (κ3) is 4.40. The summed E-state index contributed by atoms with van der Waals surface area (Å²) in [6.45, 7) is 14.3. The van der Waals surface area contributed by atoms with Crippen molar-refractivity contribution >= 4 is 68.1 Å². The molecule has 8 aromatic carbocycles. The van der Waals surface area contributed by atoms with E-state index in [-0.39, 0.29) is 23.1 Å². The fraction of sp³-hybridized carbons (Fsp3) is 0.158. The van der Waals surface area contributed by atoms with Crippen LogP contribution >= 0.6 is 0 Å². The van der Waals surface area contributed by atoms with Gasteiger partial charge in [-0.1, -0.05) is 163 Å². The number of hydrogen-bond acceptors (Lipinski definition) is 3. The molecule has 4 aliphatic rings. The Morgan fingerprint density at radius 2 is 1.05 bits per heavy atom. The minimum Gasteiger partial charge on any atom is -0.454 e. The highest BCUT2D eigenvalue weighted by Crippen LogP contribution is 2.59. The van der Waals surface area contributed by atoms with E-state index in [0.717, 1.165) is 27.6 Å². The molecular formula is C57H45BN2O. The lowest BCUT2D eigenvalue weighted by molar-refractivity contribution is 0.521. The standard InChI is InChI=1S/C57H45BN2O/c1-55(2)41-20-11-12-21-42(41)56(3,4)46-33-49-38(32-45(46)55)39-31-40-37-19-10-15-26-50(37)61-54(40)53-51(39)58(60(49)36-29-27-35(28-30-36)34-17-8-7-9-18-34)47-24-16-23-44-52(47)59(53)48-25-14-13-22-43(48)57(44,5)6/h7-33H,1-6H3. The largest absolute Gasteiger partial charge is 0.454 e. The van der Waals surface area contributed by atoms with Crippen LogP contribution in [0.4, 0.5) is 28.4 Å². The number of benzene rings is 8. The smallest absolute Gasteiger partial charge is 0.333 e.